The summed E-state index contributed by atoms with van der Waals surface area (Å²) in [6, 6.07) is 30.3. The van der Waals surface area contributed by atoms with E-state index in [4.69, 9.17) is 15.2 Å². The van der Waals surface area contributed by atoms with Crippen molar-refractivity contribution in [3.8, 4) is 45.8 Å². The van der Waals surface area contributed by atoms with Crippen LogP contribution in [0.25, 0.3) is 44.1 Å². The van der Waals surface area contributed by atoms with E-state index in [9.17, 15) is 124 Å². The molecule has 51 heteroatoms. The van der Waals surface area contributed by atoms with Crippen LogP contribution in [-0.2, 0) is 64.7 Å². The molecule has 0 unspecified atom stereocenters. The highest BCUT2D eigenvalue weighted by molar-refractivity contribution is 7.87. The second-order valence-electron chi connectivity index (χ2n) is 29.4. The summed E-state index contributed by atoms with van der Waals surface area (Å²) in [5.41, 5.74) is -5.10. The number of nitrogens with zero attached hydrogens (tertiary/aromatic N) is 8. The van der Waals surface area contributed by atoms with Crippen molar-refractivity contribution in [2.75, 3.05) is 50.7 Å². The zero-order valence-corrected chi connectivity index (χ0v) is 72.0. The Morgan fingerprint density at radius 1 is 0.348 bits per heavy atom. The molecular formula is C84H57N15O31S5. The van der Waals surface area contributed by atoms with Crippen molar-refractivity contribution < 1.29 is 133 Å². The topological polar surface area (TPSA) is 727 Å². The van der Waals surface area contributed by atoms with Crippen LogP contribution in [0.1, 0.15) is 105 Å². The minimum atomic E-state index is -5.74. The fraction of sp³-hybridized carbons (Fsp3) is 0.0476. The summed E-state index contributed by atoms with van der Waals surface area (Å²) in [6.45, 7) is -0.934. The van der Waals surface area contributed by atoms with Gasteiger partial charge in [0, 0.05) is 71.3 Å². The second kappa shape index (κ2) is 34.0. The number of hydrogen-bond donors (Lipinski definition) is 16. The molecule has 2 aliphatic carbocycles. The number of carboxylic acids is 4. The van der Waals surface area contributed by atoms with Crippen molar-refractivity contribution in [1.29, 1.82) is 0 Å². The van der Waals surface area contributed by atoms with Crippen LogP contribution >= 0.6 is 0 Å². The summed E-state index contributed by atoms with van der Waals surface area (Å²) in [5.74, 6) is -14.2. The lowest BCUT2D eigenvalue weighted by atomic mass is 9.80. The average molecular weight is 1930 g/mol. The Kier molecular flexibility index (Phi) is 23.0. The van der Waals surface area contributed by atoms with Crippen molar-refractivity contribution >= 4 is 183 Å². The molecule has 2 aliphatic rings. The summed E-state index contributed by atoms with van der Waals surface area (Å²) in [6.07, 6.45) is 0. The smallest absolute Gasteiger partial charge is 0.335 e. The van der Waals surface area contributed by atoms with E-state index in [1.807, 2.05) is 0 Å². The largest absolute Gasteiger partial charge is 0.478 e. The van der Waals surface area contributed by atoms with Crippen molar-refractivity contribution in [3.05, 3.63) is 269 Å². The van der Waals surface area contributed by atoms with E-state index < -0.39 is 267 Å². The van der Waals surface area contributed by atoms with Gasteiger partial charge in [-0.3, -0.25) is 51.5 Å². The zero-order chi connectivity index (χ0) is 97.0. The number of ether oxygens (including phenoxy) is 2. The van der Waals surface area contributed by atoms with Gasteiger partial charge in [-0.1, -0.05) is 72.8 Å². The van der Waals surface area contributed by atoms with E-state index in [0.717, 1.165) is 106 Å². The number of pyridine rings is 2. The van der Waals surface area contributed by atoms with Crippen molar-refractivity contribution in [1.82, 2.24) is 39.0 Å². The Hall–Kier alpha value is -17.0. The van der Waals surface area contributed by atoms with Crippen LogP contribution in [0.4, 0.5) is 63.6 Å². The normalized spacial score (nSPS) is 12.3. The first kappa shape index (κ1) is 91.3. The maximum atomic E-state index is 15.1. The molecule has 17 N–H and O–H groups in total. The van der Waals surface area contributed by atoms with Gasteiger partial charge in [-0.15, -0.1) is 0 Å². The molecule has 0 saturated heterocycles. The van der Waals surface area contributed by atoms with E-state index in [1.165, 1.54) is 86.9 Å². The lowest BCUT2D eigenvalue weighted by Crippen LogP contribution is -2.29. The van der Waals surface area contributed by atoms with Gasteiger partial charge in [-0.05, 0) is 120 Å². The van der Waals surface area contributed by atoms with Crippen LogP contribution in [0.5, 0.6) is 23.5 Å². The van der Waals surface area contributed by atoms with Crippen molar-refractivity contribution in [2.45, 2.75) is 24.5 Å². The highest BCUT2D eigenvalue weighted by Crippen LogP contribution is 2.49. The summed E-state index contributed by atoms with van der Waals surface area (Å²) in [7, 11) is -24.2. The number of fused-ring (bicyclic) bond motifs is 4. The van der Waals surface area contributed by atoms with Gasteiger partial charge < -0.3 is 76.7 Å². The summed E-state index contributed by atoms with van der Waals surface area (Å²) >= 11 is 0. The maximum Gasteiger partial charge on any atom is 0.335 e. The molecule has 0 atom stereocenters. The van der Waals surface area contributed by atoms with Crippen LogP contribution in [0.15, 0.2) is 216 Å². The van der Waals surface area contributed by atoms with Gasteiger partial charge in [0.1, 0.15) is 26.2 Å². The number of rotatable bonds is 30. The van der Waals surface area contributed by atoms with E-state index in [1.54, 1.807) is 0 Å². The van der Waals surface area contributed by atoms with Crippen LogP contribution in [0, 0.1) is 0 Å². The van der Waals surface area contributed by atoms with Gasteiger partial charge in [0.2, 0.25) is 23.8 Å². The summed E-state index contributed by atoms with van der Waals surface area (Å²) in [5, 5.41) is 56.1. The number of nitrogens with one attached hydrogen (secondary N) is 6. The molecule has 0 saturated carbocycles. The predicted molar refractivity (Wildman–Crippen MR) is 473 cm³/mol. The minimum absolute atomic E-state index is 0.00267. The molecule has 135 heavy (non-hydrogen) atoms. The van der Waals surface area contributed by atoms with E-state index in [-0.39, 0.29) is 83.8 Å². The number of aromatic nitrogens is 8. The lowest BCUT2D eigenvalue weighted by molar-refractivity contribution is 0.0675. The van der Waals surface area contributed by atoms with Crippen LogP contribution in [0.2, 0.25) is 0 Å². The third-order valence-corrected chi connectivity index (χ3v) is 25.3. The number of nitrogens with two attached hydrogens (primary N) is 1. The standard InChI is InChI=1S/C84H57N15O31S5/c1-98-56-19-17-50(63-65(56)61(45-13-3-5-15-47(45)71(63)102)67(73(98)104)69(100)35-9-7-11-43(29-35)131(114,115)116)88-53-32-52(49(85)31-58(53)133(120,121)122)90-81-92-79(94-83(96-81)129-41-25-37(75(106)107)23-38(26-41)76(108)109)86-21-22-87-80-93-82(97-84(95-80)130-42-27-39(77(110)111)24-40(28-42)78(112)113)91-55-33-54(59(134(123,124)125)34-60(55)135(126,127)128)89-51-18-20-57-66-62(46-14-4-6-16-48(46)72(103)64(51)66)68(74(105)99(57)2)70(101)36-10-8-12-44(30-36)132(117,118)119/h3-20,23-34,88-89H,21-22,85H2,1-2H3,(H,106,107)(H,108,109)(H,110,111)(H,112,113)(H,114,115,116)(H,117,118,119)(H,120,121,122)(H,123,124,125)(H,126,127,128)(H2,86,90,92,94,96)(H2,87,91,93,95,97). The number of anilines is 11. The third-order valence-electron chi connectivity index (χ3n) is 20.9. The number of aromatic carboxylic acids is 4. The molecule has 684 valence electrons. The Labute approximate surface area is 755 Å². The average Bonchev–Trinajstić information content (AvgIpc) is 0.707. The van der Waals surface area contributed by atoms with Gasteiger partial charge in [0.25, 0.3) is 61.7 Å². The lowest BCUT2D eigenvalue weighted by Gasteiger charge is -2.26. The molecule has 4 heterocycles. The number of ketones is 4. The van der Waals surface area contributed by atoms with Crippen LogP contribution in [0.3, 0.4) is 0 Å². The van der Waals surface area contributed by atoms with Crippen LogP contribution < -0.4 is 58.2 Å². The highest BCUT2D eigenvalue weighted by Gasteiger charge is 2.39. The first-order valence-corrected chi connectivity index (χ1v) is 45.4. The number of aryl methyl sites for hydroxylation is 2. The van der Waals surface area contributed by atoms with Gasteiger partial charge in [-0.2, -0.15) is 72.0 Å². The number of benzene rings is 10. The maximum absolute atomic E-state index is 15.1. The molecule has 0 bridgehead atoms. The fourth-order valence-corrected chi connectivity index (χ4v) is 18.1. The molecule has 0 fully saturated rings. The van der Waals surface area contributed by atoms with E-state index >= 15 is 9.59 Å². The molecule has 4 aromatic heterocycles. The van der Waals surface area contributed by atoms with Crippen LogP contribution in [-0.4, -0.2) is 184 Å². The quantitative estimate of drug-likeness (QED) is 0.00862. The Morgan fingerprint density at radius 2 is 0.689 bits per heavy atom. The highest BCUT2D eigenvalue weighted by atomic mass is 32.2. The minimum Gasteiger partial charge on any atom is -0.478 e. The Balaban J connectivity index is 0.766. The molecule has 16 rings (SSSR count). The number of carboxylic acid groups (broad SMARTS) is 4. The predicted octanol–water partition coefficient (Wildman–Crippen LogP) is 9.34. The van der Waals surface area contributed by atoms with Gasteiger partial charge >= 0.3 is 35.9 Å². The van der Waals surface area contributed by atoms with E-state index in [2.05, 4.69) is 61.8 Å². The second-order valence-corrected chi connectivity index (χ2v) is 36.4. The molecule has 0 spiro atoms. The molecular weight excluding hydrogens is 1880 g/mol. The van der Waals surface area contributed by atoms with Crippen molar-refractivity contribution in [3.63, 3.8) is 0 Å². The van der Waals surface area contributed by atoms with E-state index in [0.29, 0.717) is 6.07 Å². The Bertz CT molecular complexity index is 8450. The Morgan fingerprint density at radius 3 is 1.05 bits per heavy atom. The van der Waals surface area contributed by atoms with Crippen molar-refractivity contribution in [2.24, 2.45) is 14.1 Å². The zero-order valence-electron chi connectivity index (χ0n) is 67.9. The number of carbonyl (C=O) groups excluding carboxylic acids is 4. The first-order valence-electron chi connectivity index (χ1n) is 38.2. The molecule has 0 amide bonds. The van der Waals surface area contributed by atoms with Gasteiger partial charge in [0.05, 0.1) is 105 Å². The number of nitrogen functional groups attached to an aromatic ring is 1. The molecule has 14 aromatic rings. The first-order chi connectivity index (χ1) is 63.6. The molecule has 10 aromatic carbocycles. The van der Waals surface area contributed by atoms with Gasteiger partial charge in [0.15, 0.2) is 23.1 Å². The number of carbonyl (C=O) groups is 8. The molecule has 0 aliphatic heterocycles. The fourth-order valence-electron chi connectivity index (χ4n) is 15.0. The number of hydrogen-bond acceptors (Lipinski definition) is 35. The summed E-state index contributed by atoms with van der Waals surface area (Å²) < 4.78 is 197. The SMILES string of the molecule is Cn1c(=O)c(C(=O)c2cccc(S(=O)(=O)O)c2)c2c3c(c(Nc4cc(Nc5nc(NCCNc6nc(Nc7cc(Nc8ccc9c%10c8C(=O)c8ccccc8-c%10c(C(=O)c8cccc(S(=O)(=O)O)c8)c(=O)n9C)c(S(=O)(=O)O)cc7S(=O)(=O)O)nc(Oc7cc(C(=O)O)cc(C(=O)O)c7)n6)nc(Oc6cc(C(=O)O)cc(C(=O)O)c6)n5)c(N)cc4S(=O)(=O)O)ccc31)C(=O)c1ccccc1-2. The van der Waals surface area contributed by atoms with Gasteiger partial charge in [-0.25, -0.2) is 19.2 Å². The molecule has 0 radical (unpaired) electrons. The monoisotopic (exact) mass is 1930 g/mol. The summed E-state index contributed by atoms with van der Waals surface area (Å²) in [4.78, 5) is 158. The third kappa shape index (κ3) is 17.6. The molecule has 46 nitrogen and oxygen atoms in total.